The van der Waals surface area contributed by atoms with E-state index in [1.54, 1.807) is 12.1 Å². The number of hydrogen-bond acceptors (Lipinski definition) is 3. The van der Waals surface area contributed by atoms with E-state index in [1.165, 1.54) is 24.0 Å². The number of nitrogens with zero attached hydrogens (tertiary/aromatic N) is 2. The maximum atomic E-state index is 13.7. The number of hydrogen-bond donors (Lipinski definition) is 2. The average molecular weight is 346 g/mol. The van der Waals surface area contributed by atoms with E-state index in [1.807, 2.05) is 12.1 Å². The Kier molecular flexibility index (Phi) is 3.95. The van der Waals surface area contributed by atoms with Gasteiger partial charge in [-0.2, -0.15) is 5.10 Å². The molecule has 108 valence electrons. The number of alkyl halides is 2. The van der Waals surface area contributed by atoms with Crippen LogP contribution in [0.5, 0.6) is 0 Å². The Bertz CT molecular complexity index is 613. The molecule has 0 radical (unpaired) electrons. The van der Waals surface area contributed by atoms with Crippen molar-refractivity contribution in [1.29, 1.82) is 0 Å². The number of aromatic nitrogens is 2. The van der Waals surface area contributed by atoms with E-state index in [-0.39, 0.29) is 5.56 Å². The predicted octanol–water partition coefficient (Wildman–Crippen LogP) is 2.44. The van der Waals surface area contributed by atoms with E-state index < -0.39 is 18.1 Å². The van der Waals surface area contributed by atoms with Gasteiger partial charge in [0.1, 0.15) is 12.1 Å². The highest BCUT2D eigenvalue weighted by Crippen LogP contribution is 2.34. The largest absolute Gasteiger partial charge is 0.390 e. The fourth-order valence-electron chi connectivity index (χ4n) is 1.73. The second kappa shape index (κ2) is 5.23. The molecule has 0 amide bonds. The minimum atomic E-state index is -3.43. The lowest BCUT2D eigenvalue weighted by Gasteiger charge is -2.31. The third-order valence-electron chi connectivity index (χ3n) is 3.21. The number of nitrogens with two attached hydrogens (primary N) is 1. The highest BCUT2D eigenvalue weighted by Gasteiger charge is 2.48. The van der Waals surface area contributed by atoms with Crippen molar-refractivity contribution >= 4 is 15.9 Å². The van der Waals surface area contributed by atoms with Crippen molar-refractivity contribution in [2.75, 3.05) is 6.61 Å². The van der Waals surface area contributed by atoms with Gasteiger partial charge in [0, 0.05) is 16.2 Å². The van der Waals surface area contributed by atoms with Crippen molar-refractivity contribution in [3.8, 4) is 5.69 Å². The summed E-state index contributed by atoms with van der Waals surface area (Å²) >= 11 is 3.33. The summed E-state index contributed by atoms with van der Waals surface area (Å²) in [6.45, 7) is -0.145. The van der Waals surface area contributed by atoms with Crippen LogP contribution in [0.1, 0.15) is 12.5 Å². The molecule has 1 aromatic heterocycles. The van der Waals surface area contributed by atoms with Crippen molar-refractivity contribution in [1.82, 2.24) is 9.78 Å². The zero-order valence-electron chi connectivity index (χ0n) is 10.7. The van der Waals surface area contributed by atoms with Gasteiger partial charge in [-0.1, -0.05) is 22.0 Å². The fourth-order valence-corrected chi connectivity index (χ4v) is 2.11. The average Bonchev–Trinajstić information content (AvgIpc) is 2.88. The molecule has 0 saturated carbocycles. The first-order chi connectivity index (χ1) is 9.28. The summed E-state index contributed by atoms with van der Waals surface area (Å²) in [7, 11) is 0. The normalized spacial score (nSPS) is 15.1. The van der Waals surface area contributed by atoms with Crippen LogP contribution in [0.15, 0.2) is 41.1 Å². The predicted molar refractivity (Wildman–Crippen MR) is 74.8 cm³/mol. The van der Waals surface area contributed by atoms with E-state index >= 15 is 0 Å². The molecule has 0 aliphatic heterocycles. The lowest BCUT2D eigenvalue weighted by atomic mass is 9.89. The van der Waals surface area contributed by atoms with Gasteiger partial charge < -0.3 is 10.8 Å². The number of benzene rings is 1. The topological polar surface area (TPSA) is 64.1 Å². The fraction of sp³-hybridized carbons (Fsp3) is 0.308. The third-order valence-corrected chi connectivity index (χ3v) is 3.71. The van der Waals surface area contributed by atoms with E-state index in [9.17, 15) is 8.78 Å². The van der Waals surface area contributed by atoms with Gasteiger partial charge >= 0.3 is 0 Å². The summed E-state index contributed by atoms with van der Waals surface area (Å²) in [6, 6.07) is 7.25. The minimum Gasteiger partial charge on any atom is -0.390 e. The van der Waals surface area contributed by atoms with E-state index in [4.69, 9.17) is 10.8 Å². The SMILES string of the molecule is CC(N)(c1cnn(-c2cccc(Br)c2)c1)C(F)(F)CO. The molecule has 0 saturated heterocycles. The van der Waals surface area contributed by atoms with Crippen molar-refractivity contribution in [3.05, 3.63) is 46.7 Å². The molecule has 0 spiro atoms. The Morgan fingerprint density at radius 1 is 1.45 bits per heavy atom. The van der Waals surface area contributed by atoms with Crippen LogP contribution in [0.3, 0.4) is 0 Å². The molecule has 4 nitrogen and oxygen atoms in total. The summed E-state index contributed by atoms with van der Waals surface area (Å²) in [5.41, 5.74) is 4.55. The van der Waals surface area contributed by atoms with Crippen LogP contribution in [-0.4, -0.2) is 27.4 Å². The van der Waals surface area contributed by atoms with Crippen LogP contribution in [0, 0.1) is 0 Å². The number of aliphatic hydroxyl groups excluding tert-OH is 1. The lowest BCUT2D eigenvalue weighted by Crippen LogP contribution is -2.52. The van der Waals surface area contributed by atoms with Crippen LogP contribution >= 0.6 is 15.9 Å². The molecule has 3 N–H and O–H groups in total. The summed E-state index contributed by atoms with van der Waals surface area (Å²) in [6.07, 6.45) is 2.72. The molecule has 20 heavy (non-hydrogen) atoms. The number of aliphatic hydroxyl groups is 1. The lowest BCUT2D eigenvalue weighted by molar-refractivity contribution is -0.108. The zero-order valence-corrected chi connectivity index (χ0v) is 12.3. The van der Waals surface area contributed by atoms with Gasteiger partial charge in [-0.05, 0) is 25.1 Å². The Balaban J connectivity index is 2.39. The van der Waals surface area contributed by atoms with Gasteiger partial charge in [-0.3, -0.25) is 0 Å². The van der Waals surface area contributed by atoms with Gasteiger partial charge in [0.25, 0.3) is 5.92 Å². The molecule has 0 aliphatic carbocycles. The molecule has 2 rings (SSSR count). The molecule has 0 bridgehead atoms. The maximum absolute atomic E-state index is 13.7. The first kappa shape index (κ1) is 15.1. The van der Waals surface area contributed by atoms with Crippen LogP contribution in [-0.2, 0) is 5.54 Å². The highest BCUT2D eigenvalue weighted by atomic mass is 79.9. The Morgan fingerprint density at radius 3 is 2.75 bits per heavy atom. The molecule has 1 heterocycles. The van der Waals surface area contributed by atoms with Crippen molar-refractivity contribution in [2.24, 2.45) is 5.73 Å². The Labute approximate surface area is 123 Å². The van der Waals surface area contributed by atoms with Crippen LogP contribution < -0.4 is 5.73 Å². The van der Waals surface area contributed by atoms with Crippen molar-refractivity contribution in [3.63, 3.8) is 0 Å². The molecular weight excluding hydrogens is 332 g/mol. The summed E-state index contributed by atoms with van der Waals surface area (Å²) < 4.78 is 29.7. The van der Waals surface area contributed by atoms with Crippen molar-refractivity contribution in [2.45, 2.75) is 18.4 Å². The van der Waals surface area contributed by atoms with Crippen LogP contribution in [0.25, 0.3) is 5.69 Å². The number of halogens is 3. The second-order valence-electron chi connectivity index (χ2n) is 4.72. The first-order valence-corrected chi connectivity index (χ1v) is 6.66. The molecule has 0 aliphatic rings. The summed E-state index contributed by atoms with van der Waals surface area (Å²) in [5, 5.41) is 12.8. The Hall–Kier alpha value is -1.31. The minimum absolute atomic E-state index is 0.150. The van der Waals surface area contributed by atoms with E-state index in [2.05, 4.69) is 21.0 Å². The zero-order chi connectivity index (χ0) is 15.0. The standard InChI is InChI=1S/C13H14BrF2N3O/c1-12(17,13(15,16)8-20)9-6-18-19(7-9)11-4-2-3-10(14)5-11/h2-7,20H,8,17H2,1H3. The third kappa shape index (κ3) is 2.61. The van der Waals surface area contributed by atoms with Gasteiger partial charge in [-0.15, -0.1) is 0 Å². The second-order valence-corrected chi connectivity index (χ2v) is 5.63. The quantitative estimate of drug-likeness (QED) is 0.894. The first-order valence-electron chi connectivity index (χ1n) is 5.86. The highest BCUT2D eigenvalue weighted by molar-refractivity contribution is 9.10. The monoisotopic (exact) mass is 345 g/mol. The van der Waals surface area contributed by atoms with Gasteiger partial charge in [0.05, 0.1) is 11.9 Å². The van der Waals surface area contributed by atoms with Crippen LogP contribution in [0.4, 0.5) is 8.78 Å². The van der Waals surface area contributed by atoms with Gasteiger partial charge in [-0.25, -0.2) is 13.5 Å². The molecule has 2 aromatic rings. The maximum Gasteiger partial charge on any atom is 0.292 e. The molecule has 7 heteroatoms. The van der Waals surface area contributed by atoms with E-state index in [0.717, 1.165) is 4.47 Å². The van der Waals surface area contributed by atoms with Gasteiger partial charge in [0.2, 0.25) is 0 Å². The Morgan fingerprint density at radius 2 is 2.15 bits per heavy atom. The molecular formula is C13H14BrF2N3O. The smallest absolute Gasteiger partial charge is 0.292 e. The van der Waals surface area contributed by atoms with Gasteiger partial charge in [0.15, 0.2) is 0 Å². The molecule has 1 aromatic carbocycles. The molecule has 1 unspecified atom stereocenters. The van der Waals surface area contributed by atoms with Crippen molar-refractivity contribution < 1.29 is 13.9 Å². The molecule has 1 atom stereocenters. The van der Waals surface area contributed by atoms with Crippen LogP contribution in [0.2, 0.25) is 0 Å². The molecule has 0 fully saturated rings. The summed E-state index contributed by atoms with van der Waals surface area (Å²) in [4.78, 5) is 0. The number of rotatable bonds is 4. The van der Waals surface area contributed by atoms with E-state index in [0.29, 0.717) is 5.69 Å². The summed E-state index contributed by atoms with van der Waals surface area (Å²) in [5.74, 6) is -3.43.